The lowest BCUT2D eigenvalue weighted by molar-refractivity contribution is -0.139. The molecule has 0 unspecified atom stereocenters. The Morgan fingerprint density at radius 2 is 1.85 bits per heavy atom. The average molecular weight is 373 g/mol. The van der Waals surface area contributed by atoms with Crippen molar-refractivity contribution in [1.29, 1.82) is 0 Å². The van der Waals surface area contributed by atoms with Crippen LogP contribution in [0.3, 0.4) is 0 Å². The Balaban J connectivity index is 2.07. The Morgan fingerprint density at radius 3 is 2.41 bits per heavy atom. The van der Waals surface area contributed by atoms with Crippen LogP contribution in [0, 0.1) is 19.8 Å². The number of carboxylic acid groups (broad SMARTS) is 1. The van der Waals surface area contributed by atoms with Crippen LogP contribution in [0.4, 0.5) is 5.69 Å². The zero-order valence-electron chi connectivity index (χ0n) is 16.5. The molecule has 1 heterocycles. The highest BCUT2D eigenvalue weighted by Gasteiger charge is 2.18. The van der Waals surface area contributed by atoms with Crippen LogP contribution >= 0.6 is 0 Å². The molecule has 0 bridgehead atoms. The van der Waals surface area contributed by atoms with E-state index in [0.29, 0.717) is 17.4 Å². The molecule has 7 heteroatoms. The first kappa shape index (κ1) is 20.5. The summed E-state index contributed by atoms with van der Waals surface area (Å²) < 4.78 is 7.08. The second-order valence-corrected chi connectivity index (χ2v) is 7.03. The van der Waals surface area contributed by atoms with Crippen molar-refractivity contribution in [3.63, 3.8) is 0 Å². The number of aliphatic carboxylic acids is 1. The summed E-state index contributed by atoms with van der Waals surface area (Å²) in [6.07, 6.45) is 0.281. The van der Waals surface area contributed by atoms with Crippen molar-refractivity contribution >= 4 is 17.6 Å². The average Bonchev–Trinajstić information content (AvgIpc) is 2.86. The molecule has 7 nitrogen and oxygen atoms in total. The number of aromatic nitrogens is 2. The molecule has 2 aromatic rings. The van der Waals surface area contributed by atoms with Crippen LogP contribution in [-0.2, 0) is 22.6 Å². The van der Waals surface area contributed by atoms with Crippen LogP contribution in [0.25, 0.3) is 0 Å². The molecule has 1 aromatic heterocycles. The minimum Gasteiger partial charge on any atom is -0.482 e. The molecular weight excluding hydrogens is 346 g/mol. The van der Waals surface area contributed by atoms with Gasteiger partial charge in [-0.1, -0.05) is 13.8 Å². The number of carbonyl (C=O) groups excluding carboxylic acids is 1. The van der Waals surface area contributed by atoms with Crippen LogP contribution in [0.5, 0.6) is 5.75 Å². The van der Waals surface area contributed by atoms with Gasteiger partial charge in [-0.15, -0.1) is 0 Å². The predicted molar refractivity (Wildman–Crippen MR) is 103 cm³/mol. The van der Waals surface area contributed by atoms with Crippen LogP contribution < -0.4 is 9.64 Å². The van der Waals surface area contributed by atoms with Gasteiger partial charge in [-0.25, -0.2) is 4.79 Å². The number of anilines is 1. The third-order valence-corrected chi connectivity index (χ3v) is 4.36. The van der Waals surface area contributed by atoms with Crippen molar-refractivity contribution in [1.82, 2.24) is 9.78 Å². The topological polar surface area (TPSA) is 84.7 Å². The number of ether oxygens (including phenoxy) is 1. The Kier molecular flexibility index (Phi) is 6.60. The van der Waals surface area contributed by atoms with E-state index in [4.69, 9.17) is 9.84 Å². The number of hydrogen-bond donors (Lipinski definition) is 1. The molecule has 1 N–H and O–H groups in total. The highest BCUT2D eigenvalue weighted by molar-refractivity contribution is 5.94. The summed E-state index contributed by atoms with van der Waals surface area (Å²) in [7, 11) is 1.72. The summed E-state index contributed by atoms with van der Waals surface area (Å²) in [6, 6.07) is 6.77. The zero-order valence-corrected chi connectivity index (χ0v) is 16.5. The van der Waals surface area contributed by atoms with Crippen molar-refractivity contribution in [2.24, 2.45) is 5.92 Å². The van der Waals surface area contributed by atoms with Crippen molar-refractivity contribution < 1.29 is 19.4 Å². The van der Waals surface area contributed by atoms with Gasteiger partial charge in [-0.2, -0.15) is 5.10 Å². The van der Waals surface area contributed by atoms with Gasteiger partial charge in [0.25, 0.3) is 0 Å². The lowest BCUT2D eigenvalue weighted by Crippen LogP contribution is -2.28. The van der Waals surface area contributed by atoms with Crippen molar-refractivity contribution in [2.75, 3.05) is 18.6 Å². The maximum absolute atomic E-state index is 12.7. The number of aryl methyl sites for hydroxylation is 1. The summed E-state index contributed by atoms with van der Waals surface area (Å²) in [4.78, 5) is 24.9. The van der Waals surface area contributed by atoms with E-state index in [0.717, 1.165) is 23.5 Å². The fourth-order valence-electron chi connectivity index (χ4n) is 2.84. The molecule has 0 fully saturated rings. The van der Waals surface area contributed by atoms with E-state index in [2.05, 4.69) is 18.9 Å². The minimum atomic E-state index is -1.03. The summed E-state index contributed by atoms with van der Waals surface area (Å²) in [5.74, 6) is -0.139. The molecule has 0 radical (unpaired) electrons. The Hall–Kier alpha value is -2.83. The van der Waals surface area contributed by atoms with Crippen LogP contribution in [0.15, 0.2) is 24.3 Å². The summed E-state index contributed by atoms with van der Waals surface area (Å²) in [6.45, 7) is 8.64. The maximum Gasteiger partial charge on any atom is 0.341 e. The maximum atomic E-state index is 12.7. The SMILES string of the molecule is Cc1nn(CC(C)C)c(C)c1CC(=O)N(C)c1ccc(OCC(=O)O)cc1. The van der Waals surface area contributed by atoms with E-state index < -0.39 is 12.6 Å². The van der Waals surface area contributed by atoms with Gasteiger partial charge in [0.1, 0.15) is 5.75 Å². The van der Waals surface area contributed by atoms with Gasteiger partial charge in [0, 0.05) is 30.5 Å². The fraction of sp³-hybridized carbons (Fsp3) is 0.450. The van der Waals surface area contributed by atoms with E-state index in [1.54, 1.807) is 36.2 Å². The molecule has 0 atom stereocenters. The van der Waals surface area contributed by atoms with E-state index in [1.807, 2.05) is 18.5 Å². The molecule has 0 aliphatic heterocycles. The smallest absolute Gasteiger partial charge is 0.341 e. The first-order valence-electron chi connectivity index (χ1n) is 8.93. The molecule has 0 aliphatic carbocycles. The monoisotopic (exact) mass is 373 g/mol. The van der Waals surface area contributed by atoms with Crippen LogP contribution in [0.1, 0.15) is 30.8 Å². The van der Waals surface area contributed by atoms with Gasteiger partial charge >= 0.3 is 5.97 Å². The van der Waals surface area contributed by atoms with Gasteiger partial charge < -0.3 is 14.7 Å². The van der Waals surface area contributed by atoms with Crippen molar-refractivity contribution in [3.8, 4) is 5.75 Å². The Morgan fingerprint density at radius 1 is 1.22 bits per heavy atom. The molecule has 27 heavy (non-hydrogen) atoms. The minimum absolute atomic E-state index is 0.0375. The molecule has 0 spiro atoms. The van der Waals surface area contributed by atoms with Gasteiger partial charge in [-0.05, 0) is 44.0 Å². The fourth-order valence-corrected chi connectivity index (χ4v) is 2.84. The summed E-state index contributed by atoms with van der Waals surface area (Å²) >= 11 is 0. The molecule has 1 amide bonds. The highest BCUT2D eigenvalue weighted by atomic mass is 16.5. The number of hydrogen-bond acceptors (Lipinski definition) is 4. The van der Waals surface area contributed by atoms with Gasteiger partial charge in [0.15, 0.2) is 6.61 Å². The molecule has 0 saturated heterocycles. The van der Waals surface area contributed by atoms with Crippen LogP contribution in [-0.4, -0.2) is 40.4 Å². The van der Waals surface area contributed by atoms with E-state index in [9.17, 15) is 9.59 Å². The standard InChI is InChI=1S/C20H27N3O4/c1-13(2)11-23-15(4)18(14(3)21-23)10-19(24)22(5)16-6-8-17(9-7-16)27-12-20(25)26/h6-9,13H,10-12H2,1-5H3,(H,25,26). The predicted octanol–water partition coefficient (Wildman–Crippen LogP) is 2.82. The molecule has 2 rings (SSSR count). The Bertz CT molecular complexity index is 809. The van der Waals surface area contributed by atoms with Gasteiger partial charge in [-0.3, -0.25) is 9.48 Å². The quantitative estimate of drug-likeness (QED) is 0.769. The summed E-state index contributed by atoms with van der Waals surface area (Å²) in [5.41, 5.74) is 3.59. The number of carbonyl (C=O) groups is 2. The van der Waals surface area contributed by atoms with E-state index in [-0.39, 0.29) is 12.3 Å². The third kappa shape index (κ3) is 5.32. The molecule has 0 saturated carbocycles. The number of carboxylic acids is 1. The number of amides is 1. The molecule has 1 aromatic carbocycles. The lowest BCUT2D eigenvalue weighted by Gasteiger charge is -2.18. The van der Waals surface area contributed by atoms with Gasteiger partial charge in [0.05, 0.1) is 12.1 Å². The van der Waals surface area contributed by atoms with E-state index >= 15 is 0 Å². The first-order valence-corrected chi connectivity index (χ1v) is 8.93. The zero-order chi connectivity index (χ0) is 20.1. The number of benzene rings is 1. The molecular formula is C20H27N3O4. The number of nitrogens with zero attached hydrogens (tertiary/aromatic N) is 3. The molecule has 146 valence electrons. The largest absolute Gasteiger partial charge is 0.482 e. The summed E-state index contributed by atoms with van der Waals surface area (Å²) in [5, 5.41) is 13.2. The Labute approximate surface area is 159 Å². The highest BCUT2D eigenvalue weighted by Crippen LogP contribution is 2.21. The first-order chi connectivity index (χ1) is 12.7. The third-order valence-electron chi connectivity index (χ3n) is 4.36. The lowest BCUT2D eigenvalue weighted by atomic mass is 10.1. The normalized spacial score (nSPS) is 10.9. The van der Waals surface area contributed by atoms with Crippen molar-refractivity contribution in [3.05, 3.63) is 41.2 Å². The molecule has 0 aliphatic rings. The number of likely N-dealkylation sites (N-methyl/N-ethyl adjacent to an activating group) is 1. The van der Waals surface area contributed by atoms with E-state index in [1.165, 1.54) is 0 Å². The number of rotatable bonds is 8. The van der Waals surface area contributed by atoms with Gasteiger partial charge in [0.2, 0.25) is 5.91 Å². The second kappa shape index (κ2) is 8.70. The second-order valence-electron chi connectivity index (χ2n) is 7.03. The van der Waals surface area contributed by atoms with Crippen LogP contribution in [0.2, 0.25) is 0 Å². The van der Waals surface area contributed by atoms with Crippen molar-refractivity contribution in [2.45, 2.75) is 40.7 Å².